The summed E-state index contributed by atoms with van der Waals surface area (Å²) >= 11 is 1.61. The van der Waals surface area contributed by atoms with E-state index in [1.165, 1.54) is 12.1 Å². The summed E-state index contributed by atoms with van der Waals surface area (Å²) in [6.45, 7) is 0.0411. The number of hydrogen-bond acceptors (Lipinski definition) is 3. The van der Waals surface area contributed by atoms with Crippen molar-refractivity contribution >= 4 is 11.8 Å². The zero-order chi connectivity index (χ0) is 15.1. The van der Waals surface area contributed by atoms with Crippen LogP contribution in [0.3, 0.4) is 0 Å². The molecule has 0 spiro atoms. The number of hydrogen-bond donors (Lipinski definition) is 1. The van der Waals surface area contributed by atoms with Crippen molar-refractivity contribution in [2.75, 3.05) is 12.9 Å². The lowest BCUT2D eigenvalue weighted by atomic mass is 10.1. The second kappa shape index (κ2) is 7.72. The van der Waals surface area contributed by atoms with Gasteiger partial charge in [0.25, 0.3) is 0 Å². The lowest BCUT2D eigenvalue weighted by Gasteiger charge is -2.11. The molecule has 0 aromatic heterocycles. The highest BCUT2D eigenvalue weighted by Gasteiger charge is 2.06. The fourth-order valence-electron chi connectivity index (χ4n) is 1.82. The van der Waals surface area contributed by atoms with Gasteiger partial charge in [-0.3, -0.25) is 0 Å². The van der Waals surface area contributed by atoms with Crippen molar-refractivity contribution in [3.63, 3.8) is 0 Å². The van der Waals surface area contributed by atoms with Gasteiger partial charge in [0.2, 0.25) is 0 Å². The summed E-state index contributed by atoms with van der Waals surface area (Å²) < 4.78 is 19.1. The predicted octanol–water partition coefficient (Wildman–Crippen LogP) is 3.47. The maximum Gasteiger partial charge on any atom is 0.133 e. The number of ether oxygens (including phenoxy) is 1. The van der Waals surface area contributed by atoms with E-state index in [0.717, 1.165) is 16.2 Å². The van der Waals surface area contributed by atoms with E-state index in [-0.39, 0.29) is 12.4 Å². The molecule has 0 saturated carbocycles. The number of aliphatic hydroxyl groups is 1. The molecule has 0 radical (unpaired) electrons. The first kappa shape index (κ1) is 15.4. The Labute approximate surface area is 128 Å². The molecule has 0 fully saturated rings. The molecule has 0 aliphatic heterocycles. The number of rotatable bonds is 4. The molecule has 0 amide bonds. The summed E-state index contributed by atoms with van der Waals surface area (Å²) in [6.07, 6.45) is 1.98. The normalized spacial score (nSPS) is 9.86. The van der Waals surface area contributed by atoms with E-state index in [2.05, 4.69) is 11.8 Å². The second-order valence-corrected chi connectivity index (χ2v) is 5.05. The minimum Gasteiger partial charge on any atom is -0.488 e. The summed E-state index contributed by atoms with van der Waals surface area (Å²) in [5.41, 5.74) is 1.32. The van der Waals surface area contributed by atoms with Gasteiger partial charge in [-0.1, -0.05) is 30.0 Å². The molecule has 108 valence electrons. The van der Waals surface area contributed by atoms with Crippen LogP contribution in [0.1, 0.15) is 11.1 Å². The molecule has 0 heterocycles. The molecular weight excluding hydrogens is 287 g/mol. The van der Waals surface area contributed by atoms with Gasteiger partial charge in [-0.05, 0) is 30.5 Å². The largest absolute Gasteiger partial charge is 0.488 e. The van der Waals surface area contributed by atoms with Crippen LogP contribution in [0.25, 0.3) is 0 Å². The average Bonchev–Trinajstić information content (AvgIpc) is 2.52. The Kier molecular flexibility index (Phi) is 5.68. The number of aliphatic hydroxyl groups excluding tert-OH is 1. The van der Waals surface area contributed by atoms with Crippen molar-refractivity contribution in [1.82, 2.24) is 0 Å². The van der Waals surface area contributed by atoms with Gasteiger partial charge in [-0.25, -0.2) is 4.39 Å². The SMILES string of the molecule is CSc1ccccc1OCc1ccc(F)cc1C#CCO. The zero-order valence-corrected chi connectivity index (χ0v) is 12.4. The molecule has 0 bridgehead atoms. The molecule has 4 heteroatoms. The van der Waals surface area contributed by atoms with Gasteiger partial charge in [0.15, 0.2) is 0 Å². The summed E-state index contributed by atoms with van der Waals surface area (Å²) in [4.78, 5) is 1.04. The Hall–Kier alpha value is -1.96. The minimum absolute atomic E-state index is 0.258. The number of halogens is 1. The monoisotopic (exact) mass is 302 g/mol. The first-order chi connectivity index (χ1) is 10.2. The highest BCUT2D eigenvalue weighted by Crippen LogP contribution is 2.27. The highest BCUT2D eigenvalue weighted by atomic mass is 32.2. The van der Waals surface area contributed by atoms with Crippen LogP contribution < -0.4 is 4.74 Å². The van der Waals surface area contributed by atoms with Gasteiger partial charge in [-0.2, -0.15) is 0 Å². The fraction of sp³-hybridized carbons (Fsp3) is 0.176. The highest BCUT2D eigenvalue weighted by molar-refractivity contribution is 7.98. The molecule has 0 unspecified atom stereocenters. The lowest BCUT2D eigenvalue weighted by molar-refractivity contribution is 0.298. The lowest BCUT2D eigenvalue weighted by Crippen LogP contribution is -2.00. The third kappa shape index (κ3) is 4.25. The van der Waals surface area contributed by atoms with Gasteiger partial charge in [0.1, 0.15) is 24.8 Å². The average molecular weight is 302 g/mol. The Morgan fingerprint density at radius 2 is 2.05 bits per heavy atom. The third-order valence-corrected chi connectivity index (χ3v) is 3.60. The van der Waals surface area contributed by atoms with E-state index in [0.29, 0.717) is 12.2 Å². The number of benzene rings is 2. The van der Waals surface area contributed by atoms with Gasteiger partial charge in [0.05, 0.1) is 0 Å². The van der Waals surface area contributed by atoms with Crippen molar-refractivity contribution in [1.29, 1.82) is 0 Å². The molecule has 21 heavy (non-hydrogen) atoms. The number of thioether (sulfide) groups is 1. The van der Waals surface area contributed by atoms with Crippen LogP contribution in [0.2, 0.25) is 0 Å². The standard InChI is InChI=1S/C17H15FO2S/c1-21-17-7-3-2-6-16(17)20-12-14-8-9-15(18)11-13(14)5-4-10-19/h2-3,6-9,11,19H,10,12H2,1H3. The van der Waals surface area contributed by atoms with E-state index in [4.69, 9.17) is 9.84 Å². The molecular formula is C17H15FO2S. The Bertz CT molecular complexity index is 674. The van der Waals surface area contributed by atoms with Crippen molar-refractivity contribution in [2.45, 2.75) is 11.5 Å². The molecule has 1 N–H and O–H groups in total. The van der Waals surface area contributed by atoms with Gasteiger partial charge < -0.3 is 9.84 Å². The van der Waals surface area contributed by atoms with E-state index in [9.17, 15) is 4.39 Å². The maximum absolute atomic E-state index is 13.3. The molecule has 0 atom stereocenters. The van der Waals surface area contributed by atoms with Crippen LogP contribution in [0.5, 0.6) is 5.75 Å². The van der Waals surface area contributed by atoms with E-state index in [1.807, 2.05) is 30.5 Å². The van der Waals surface area contributed by atoms with Crippen LogP contribution in [0.4, 0.5) is 4.39 Å². The van der Waals surface area contributed by atoms with Crippen LogP contribution in [0.15, 0.2) is 47.4 Å². The number of para-hydroxylation sites is 1. The Morgan fingerprint density at radius 3 is 2.81 bits per heavy atom. The molecule has 2 aromatic rings. The molecule has 0 aliphatic rings. The first-order valence-electron chi connectivity index (χ1n) is 6.38. The van der Waals surface area contributed by atoms with Crippen LogP contribution in [0, 0.1) is 17.7 Å². The fourth-order valence-corrected chi connectivity index (χ4v) is 2.36. The third-order valence-electron chi connectivity index (χ3n) is 2.83. The summed E-state index contributed by atoms with van der Waals surface area (Å²) in [7, 11) is 0. The molecule has 0 saturated heterocycles. The first-order valence-corrected chi connectivity index (χ1v) is 7.61. The van der Waals surface area contributed by atoms with E-state index in [1.54, 1.807) is 17.8 Å². The zero-order valence-electron chi connectivity index (χ0n) is 11.6. The van der Waals surface area contributed by atoms with Crippen molar-refractivity contribution in [3.8, 4) is 17.6 Å². The van der Waals surface area contributed by atoms with Crippen molar-refractivity contribution in [3.05, 3.63) is 59.4 Å². The minimum atomic E-state index is -0.356. The summed E-state index contributed by atoms with van der Waals surface area (Å²) in [6, 6.07) is 12.1. The Morgan fingerprint density at radius 1 is 1.24 bits per heavy atom. The molecule has 2 aromatic carbocycles. The van der Waals surface area contributed by atoms with Crippen molar-refractivity contribution < 1.29 is 14.2 Å². The predicted molar refractivity (Wildman–Crippen MR) is 82.9 cm³/mol. The smallest absolute Gasteiger partial charge is 0.133 e. The van der Waals surface area contributed by atoms with E-state index < -0.39 is 0 Å². The Balaban J connectivity index is 2.20. The summed E-state index contributed by atoms with van der Waals surface area (Å²) in [5, 5.41) is 8.76. The molecule has 2 rings (SSSR count). The van der Waals surface area contributed by atoms with Gasteiger partial charge in [0, 0.05) is 16.0 Å². The van der Waals surface area contributed by atoms with Crippen LogP contribution >= 0.6 is 11.8 Å². The molecule has 0 aliphatic carbocycles. The van der Waals surface area contributed by atoms with Crippen LogP contribution in [-0.2, 0) is 6.61 Å². The molecule has 2 nitrogen and oxygen atoms in total. The topological polar surface area (TPSA) is 29.5 Å². The quantitative estimate of drug-likeness (QED) is 0.693. The van der Waals surface area contributed by atoms with E-state index >= 15 is 0 Å². The van der Waals surface area contributed by atoms with Gasteiger partial charge >= 0.3 is 0 Å². The summed E-state index contributed by atoms with van der Waals surface area (Å²) in [5.74, 6) is 5.71. The maximum atomic E-state index is 13.3. The van der Waals surface area contributed by atoms with Crippen molar-refractivity contribution in [2.24, 2.45) is 0 Å². The van der Waals surface area contributed by atoms with Gasteiger partial charge in [-0.15, -0.1) is 11.8 Å². The van der Waals surface area contributed by atoms with Crippen LogP contribution in [-0.4, -0.2) is 18.0 Å². The second-order valence-electron chi connectivity index (χ2n) is 4.20.